The van der Waals surface area contributed by atoms with Crippen molar-refractivity contribution in [2.24, 2.45) is 17.8 Å². The third-order valence-electron chi connectivity index (χ3n) is 7.33. The van der Waals surface area contributed by atoms with Gasteiger partial charge in [-0.05, 0) is 30.7 Å². The maximum Gasteiger partial charge on any atom is 0.435 e. The van der Waals surface area contributed by atoms with Crippen LogP contribution in [0.3, 0.4) is 0 Å². The first-order valence-electron chi connectivity index (χ1n) is 13.6. The van der Waals surface area contributed by atoms with Crippen LogP contribution in [0.5, 0.6) is 0 Å². The number of nitrogens with one attached hydrogen (secondary N) is 1. The molecule has 1 unspecified atom stereocenters. The number of aryl methyl sites for hydroxylation is 2. The van der Waals surface area contributed by atoms with Gasteiger partial charge >= 0.3 is 6.18 Å². The van der Waals surface area contributed by atoms with Crippen molar-refractivity contribution in [1.82, 2.24) is 29.1 Å². The number of amidine groups is 1. The normalized spacial score (nSPS) is 17.2. The Morgan fingerprint density at radius 2 is 1.93 bits per heavy atom. The minimum absolute atomic E-state index is 0.00873. The quantitative estimate of drug-likeness (QED) is 0.395. The minimum atomic E-state index is -4.79. The Morgan fingerprint density at radius 1 is 1.19 bits per heavy atom. The number of piperazine rings is 1. The lowest BCUT2D eigenvalue weighted by atomic mass is 10.1. The first kappa shape index (κ1) is 30.0. The molecule has 3 aromatic rings. The Labute approximate surface area is 244 Å². The predicted molar refractivity (Wildman–Crippen MR) is 148 cm³/mol. The van der Waals surface area contributed by atoms with Gasteiger partial charge in [-0.15, -0.1) is 0 Å². The number of aromatic nitrogens is 4. The fraction of sp³-hybridized carbons (Fsp3) is 0.444. The molecule has 1 saturated heterocycles. The van der Waals surface area contributed by atoms with Crippen molar-refractivity contribution in [3.63, 3.8) is 0 Å². The van der Waals surface area contributed by atoms with Gasteiger partial charge in [-0.25, -0.2) is 14.4 Å². The summed E-state index contributed by atoms with van der Waals surface area (Å²) in [6.07, 6.45) is -2.58. The molecule has 0 bridgehead atoms. The van der Waals surface area contributed by atoms with Crippen molar-refractivity contribution in [2.45, 2.75) is 25.7 Å². The van der Waals surface area contributed by atoms with Crippen LogP contribution >= 0.6 is 0 Å². The van der Waals surface area contributed by atoms with Crippen LogP contribution in [0.2, 0.25) is 0 Å². The molecular formula is C27H31F4N9O3. The summed E-state index contributed by atoms with van der Waals surface area (Å²) < 4.78 is 61.3. The second-order valence-electron chi connectivity index (χ2n) is 10.2. The maximum atomic E-state index is 13.6. The fourth-order valence-electron chi connectivity index (χ4n) is 5.02. The van der Waals surface area contributed by atoms with Gasteiger partial charge in [-0.3, -0.25) is 14.3 Å². The lowest BCUT2D eigenvalue weighted by Crippen LogP contribution is -2.50. The number of carbonyl (C=O) groups is 2. The molecule has 1 aromatic carbocycles. The molecule has 2 aliphatic heterocycles. The number of alkyl halides is 4. The van der Waals surface area contributed by atoms with Crippen molar-refractivity contribution >= 4 is 23.5 Å². The van der Waals surface area contributed by atoms with Crippen LogP contribution in [0.4, 0.5) is 23.2 Å². The van der Waals surface area contributed by atoms with Gasteiger partial charge < -0.3 is 30.2 Å². The van der Waals surface area contributed by atoms with Gasteiger partial charge in [0.15, 0.2) is 11.5 Å². The molecule has 1 fully saturated rings. The van der Waals surface area contributed by atoms with Gasteiger partial charge in [0.05, 0.1) is 24.0 Å². The summed E-state index contributed by atoms with van der Waals surface area (Å²) in [7, 11) is 1.40. The number of nitrogens with zero attached hydrogens (tertiary/aromatic N) is 7. The van der Waals surface area contributed by atoms with E-state index in [-0.39, 0.29) is 35.6 Å². The molecule has 2 aromatic heterocycles. The van der Waals surface area contributed by atoms with E-state index in [9.17, 15) is 27.2 Å². The van der Waals surface area contributed by atoms with Crippen LogP contribution in [0.25, 0.3) is 11.3 Å². The monoisotopic (exact) mass is 605 g/mol. The van der Waals surface area contributed by atoms with Crippen LogP contribution < -0.4 is 11.1 Å². The molecule has 0 aliphatic carbocycles. The highest BCUT2D eigenvalue weighted by Crippen LogP contribution is 2.36. The lowest BCUT2D eigenvalue weighted by molar-refractivity contribution is -0.141. The zero-order valence-corrected chi connectivity index (χ0v) is 23.6. The largest absolute Gasteiger partial charge is 0.463 e. The molecule has 16 heteroatoms. The molecule has 0 spiro atoms. The first-order valence-corrected chi connectivity index (χ1v) is 13.6. The number of nitrogens with two attached hydrogens (primary N) is 1. The number of imidazole rings is 1. The molecule has 1 atom stereocenters. The second kappa shape index (κ2) is 12.0. The van der Waals surface area contributed by atoms with Crippen molar-refractivity contribution in [3.8, 4) is 11.3 Å². The molecular weight excluding hydrogens is 574 g/mol. The molecule has 0 saturated carbocycles. The van der Waals surface area contributed by atoms with Crippen molar-refractivity contribution in [2.75, 3.05) is 51.3 Å². The van der Waals surface area contributed by atoms with Crippen molar-refractivity contribution < 1.29 is 31.9 Å². The molecule has 43 heavy (non-hydrogen) atoms. The number of hydrogen-bond acceptors (Lipinski definition) is 8. The number of amides is 2. The van der Waals surface area contributed by atoms with E-state index < -0.39 is 24.5 Å². The van der Waals surface area contributed by atoms with Gasteiger partial charge in [-0.1, -0.05) is 0 Å². The first-order chi connectivity index (χ1) is 20.5. The Bertz CT molecular complexity index is 1540. The van der Waals surface area contributed by atoms with E-state index in [4.69, 9.17) is 10.5 Å². The summed E-state index contributed by atoms with van der Waals surface area (Å²) in [5, 5.41) is 6.15. The van der Waals surface area contributed by atoms with E-state index >= 15 is 0 Å². The lowest BCUT2D eigenvalue weighted by Gasteiger charge is -2.35. The summed E-state index contributed by atoms with van der Waals surface area (Å²) in [4.78, 5) is 38.5. The molecule has 3 N–H and O–H groups in total. The third-order valence-corrected chi connectivity index (χ3v) is 7.33. The van der Waals surface area contributed by atoms with Crippen molar-refractivity contribution in [1.29, 1.82) is 0 Å². The zero-order valence-electron chi connectivity index (χ0n) is 23.6. The SMILES string of the molecule is Cc1cc(NC(=O)c2ncc(-c3cn(CCF)nc3C(F)(F)F)n2C)ccc1C(=O)N1CCN(C2=NC(CN)CO2)CC1. The van der Waals surface area contributed by atoms with E-state index in [1.807, 2.05) is 4.90 Å². The van der Waals surface area contributed by atoms with E-state index in [0.29, 0.717) is 62.2 Å². The molecule has 0 radical (unpaired) electrons. The fourth-order valence-corrected chi connectivity index (χ4v) is 5.02. The van der Waals surface area contributed by atoms with Crippen LogP contribution in [0.15, 0.2) is 35.6 Å². The number of aliphatic imine (C=N–C) groups is 1. The smallest absolute Gasteiger partial charge is 0.435 e. The van der Waals surface area contributed by atoms with Crippen molar-refractivity contribution in [3.05, 3.63) is 53.2 Å². The second-order valence-corrected chi connectivity index (χ2v) is 10.2. The number of benzene rings is 1. The Balaban J connectivity index is 1.25. The van der Waals surface area contributed by atoms with E-state index in [1.165, 1.54) is 11.6 Å². The van der Waals surface area contributed by atoms with Gasteiger partial charge in [0.1, 0.15) is 19.3 Å². The molecule has 230 valence electrons. The van der Waals surface area contributed by atoms with Gasteiger partial charge in [0, 0.05) is 57.2 Å². The predicted octanol–water partition coefficient (Wildman–Crippen LogP) is 2.30. The number of halogens is 4. The van der Waals surface area contributed by atoms with Crippen LogP contribution in [-0.4, -0.2) is 99.0 Å². The number of anilines is 1. The van der Waals surface area contributed by atoms with Crippen LogP contribution in [0, 0.1) is 6.92 Å². The third kappa shape index (κ3) is 6.18. The van der Waals surface area contributed by atoms with E-state index in [0.717, 1.165) is 17.1 Å². The van der Waals surface area contributed by atoms with E-state index in [1.54, 1.807) is 30.0 Å². The summed E-state index contributed by atoms with van der Waals surface area (Å²) in [6.45, 7) is 3.50. The number of carbonyl (C=O) groups excluding carboxylic acids is 2. The van der Waals surface area contributed by atoms with Gasteiger partial charge in [0.2, 0.25) is 0 Å². The van der Waals surface area contributed by atoms with Crippen LogP contribution in [-0.2, 0) is 24.5 Å². The highest BCUT2D eigenvalue weighted by Gasteiger charge is 2.38. The Hall–Kier alpha value is -4.47. The highest BCUT2D eigenvalue weighted by atomic mass is 19.4. The average molecular weight is 606 g/mol. The van der Waals surface area contributed by atoms with Gasteiger partial charge in [-0.2, -0.15) is 18.3 Å². The molecule has 2 amide bonds. The minimum Gasteiger partial charge on any atom is -0.463 e. The number of ether oxygens (including phenoxy) is 1. The maximum absolute atomic E-state index is 13.6. The summed E-state index contributed by atoms with van der Waals surface area (Å²) in [6, 6.07) is 5.36. The average Bonchev–Trinajstić information content (AvgIpc) is 3.71. The molecule has 5 rings (SSSR count). The molecule has 4 heterocycles. The summed E-state index contributed by atoms with van der Waals surface area (Å²) in [5.74, 6) is -0.959. The highest BCUT2D eigenvalue weighted by molar-refractivity contribution is 6.03. The van der Waals surface area contributed by atoms with E-state index in [2.05, 4.69) is 20.4 Å². The summed E-state index contributed by atoms with van der Waals surface area (Å²) >= 11 is 0. The number of hydrogen-bond donors (Lipinski definition) is 2. The Kier molecular flexibility index (Phi) is 8.39. The summed E-state index contributed by atoms with van der Waals surface area (Å²) in [5.41, 5.74) is 5.62. The number of rotatable bonds is 7. The molecule has 2 aliphatic rings. The molecule has 12 nitrogen and oxygen atoms in total. The Morgan fingerprint density at radius 3 is 2.56 bits per heavy atom. The zero-order chi connectivity index (χ0) is 30.9. The topological polar surface area (TPSA) is 136 Å². The van der Waals surface area contributed by atoms with Gasteiger partial charge in [0.25, 0.3) is 17.8 Å². The standard InChI is InChI=1S/C27H31F4N9O3/c1-16-11-17(3-4-19(16)25(42)38-7-9-39(10-8-38)26-35-18(12-32)15-43-26)34-24(41)23-33-13-21(37(23)2)20-14-40(6-5-28)36-22(20)27(29,30)31/h3-4,11,13-14,18H,5-10,12,15,32H2,1-2H3,(H,34,41). The van der Waals surface area contributed by atoms with Crippen LogP contribution in [0.1, 0.15) is 32.2 Å².